The highest BCUT2D eigenvalue weighted by atomic mass is 32.1. The molecule has 0 aliphatic carbocycles. The Labute approximate surface area is 81.2 Å². The van der Waals surface area contributed by atoms with E-state index in [0.29, 0.717) is 12.6 Å². The summed E-state index contributed by atoms with van der Waals surface area (Å²) < 4.78 is 5.12. The molecule has 0 fully saturated rings. The van der Waals surface area contributed by atoms with Gasteiger partial charge in [-0.25, -0.2) is 4.99 Å². The van der Waals surface area contributed by atoms with Crippen molar-refractivity contribution in [2.45, 2.75) is 19.9 Å². The van der Waals surface area contributed by atoms with Crippen LogP contribution >= 0.6 is 11.3 Å². The quantitative estimate of drug-likeness (QED) is 0.743. The summed E-state index contributed by atoms with van der Waals surface area (Å²) in [5.41, 5.74) is 6.70. The van der Waals surface area contributed by atoms with Gasteiger partial charge in [-0.2, -0.15) is 0 Å². The minimum Gasteiger partial charge on any atom is -0.463 e. The molecular formula is C9H12N2OS. The van der Waals surface area contributed by atoms with E-state index in [0.717, 1.165) is 0 Å². The predicted molar refractivity (Wildman–Crippen MR) is 54.1 cm³/mol. The molecule has 2 heterocycles. The molecule has 3 nitrogen and oxygen atoms in total. The minimum absolute atomic E-state index is 0.116. The van der Waals surface area contributed by atoms with Crippen molar-refractivity contribution < 1.29 is 4.74 Å². The number of nitrogens with two attached hydrogens (primary N) is 1. The monoisotopic (exact) mass is 196 g/mol. The van der Waals surface area contributed by atoms with Gasteiger partial charge in [-0.15, -0.1) is 11.3 Å². The van der Waals surface area contributed by atoms with Gasteiger partial charge in [-0.1, -0.05) is 0 Å². The fourth-order valence-electron chi connectivity index (χ4n) is 1.53. The number of amidine groups is 1. The average Bonchev–Trinajstić information content (AvgIpc) is 2.58. The molecule has 1 aromatic heterocycles. The van der Waals surface area contributed by atoms with E-state index in [2.05, 4.69) is 24.9 Å². The first kappa shape index (κ1) is 8.56. The Hall–Kier alpha value is -1.03. The maximum Gasteiger partial charge on any atom is 0.282 e. The molecule has 1 atom stereocenters. The van der Waals surface area contributed by atoms with Gasteiger partial charge in [-0.3, -0.25) is 0 Å². The minimum atomic E-state index is 0.116. The molecule has 1 aromatic rings. The fraction of sp³-hybridized carbons (Fsp3) is 0.444. The van der Waals surface area contributed by atoms with Crippen LogP contribution in [0.25, 0.3) is 0 Å². The van der Waals surface area contributed by atoms with E-state index in [1.165, 1.54) is 15.3 Å². The lowest BCUT2D eigenvalue weighted by atomic mass is 10.1. The number of thiophene rings is 1. The van der Waals surface area contributed by atoms with Gasteiger partial charge in [0, 0.05) is 9.75 Å². The molecule has 13 heavy (non-hydrogen) atoms. The summed E-state index contributed by atoms with van der Waals surface area (Å²) in [6.07, 6.45) is 0. The van der Waals surface area contributed by atoms with E-state index >= 15 is 0 Å². The standard InChI is InChI=1S/C9H12N2OS/c1-5-3-7(6(2)13-5)8-4-12-9(10)11-8/h3,8H,4H2,1-2H3,(H2,10,11). The summed E-state index contributed by atoms with van der Waals surface area (Å²) in [7, 11) is 0. The third-order valence-corrected chi connectivity index (χ3v) is 3.09. The van der Waals surface area contributed by atoms with Gasteiger partial charge in [0.05, 0.1) is 0 Å². The zero-order valence-corrected chi connectivity index (χ0v) is 8.52. The van der Waals surface area contributed by atoms with Crippen LogP contribution in [0.15, 0.2) is 11.1 Å². The number of hydrogen-bond donors (Lipinski definition) is 1. The van der Waals surface area contributed by atoms with E-state index in [-0.39, 0.29) is 6.04 Å². The van der Waals surface area contributed by atoms with Crippen molar-refractivity contribution in [1.82, 2.24) is 0 Å². The first-order chi connectivity index (χ1) is 6.16. The van der Waals surface area contributed by atoms with Crippen LogP contribution in [0.1, 0.15) is 21.4 Å². The molecule has 0 saturated heterocycles. The summed E-state index contributed by atoms with van der Waals surface area (Å²) in [5.74, 6) is 0. The number of hydrogen-bond acceptors (Lipinski definition) is 4. The first-order valence-corrected chi connectivity index (χ1v) is 5.01. The van der Waals surface area contributed by atoms with Crippen LogP contribution in [-0.4, -0.2) is 12.6 Å². The molecule has 4 heteroatoms. The van der Waals surface area contributed by atoms with Crippen molar-refractivity contribution in [3.8, 4) is 0 Å². The Kier molecular flexibility index (Phi) is 2.00. The van der Waals surface area contributed by atoms with Crippen molar-refractivity contribution in [2.75, 3.05) is 6.61 Å². The highest BCUT2D eigenvalue weighted by Crippen LogP contribution is 2.30. The molecule has 0 spiro atoms. The summed E-state index contributed by atoms with van der Waals surface area (Å²) in [4.78, 5) is 6.83. The zero-order valence-electron chi connectivity index (χ0n) is 7.70. The van der Waals surface area contributed by atoms with E-state index in [9.17, 15) is 0 Å². The summed E-state index contributed by atoms with van der Waals surface area (Å²) in [6.45, 7) is 4.80. The lowest BCUT2D eigenvalue weighted by Crippen LogP contribution is -2.10. The van der Waals surface area contributed by atoms with Gasteiger partial charge < -0.3 is 10.5 Å². The Bertz CT molecular complexity index is 356. The molecule has 0 saturated carbocycles. The molecule has 2 N–H and O–H groups in total. The number of rotatable bonds is 1. The Balaban J connectivity index is 2.31. The summed E-state index contributed by atoms with van der Waals surface area (Å²) in [5, 5.41) is 0. The SMILES string of the molecule is Cc1cc(C2COC(N)=N2)c(C)s1. The highest BCUT2D eigenvalue weighted by Gasteiger charge is 2.21. The molecule has 0 bridgehead atoms. The maximum atomic E-state index is 5.45. The Morgan fingerprint density at radius 3 is 2.85 bits per heavy atom. The van der Waals surface area contributed by atoms with Crippen LogP contribution in [0.4, 0.5) is 0 Å². The van der Waals surface area contributed by atoms with Crippen molar-refractivity contribution >= 4 is 17.4 Å². The molecule has 0 aromatic carbocycles. The van der Waals surface area contributed by atoms with Crippen molar-refractivity contribution in [3.63, 3.8) is 0 Å². The molecule has 70 valence electrons. The van der Waals surface area contributed by atoms with Gasteiger partial charge in [-0.05, 0) is 25.5 Å². The fourth-order valence-corrected chi connectivity index (χ4v) is 2.51. The number of aryl methyl sites for hydroxylation is 2. The lowest BCUT2D eigenvalue weighted by molar-refractivity contribution is 0.315. The van der Waals surface area contributed by atoms with E-state index in [4.69, 9.17) is 10.5 Å². The van der Waals surface area contributed by atoms with E-state index in [1.54, 1.807) is 11.3 Å². The van der Waals surface area contributed by atoms with Crippen molar-refractivity contribution in [3.05, 3.63) is 21.4 Å². The van der Waals surface area contributed by atoms with E-state index in [1.807, 2.05) is 0 Å². The maximum absolute atomic E-state index is 5.45. The summed E-state index contributed by atoms with van der Waals surface area (Å²) >= 11 is 1.79. The molecule has 1 aliphatic rings. The van der Waals surface area contributed by atoms with Crippen LogP contribution in [-0.2, 0) is 4.74 Å². The second-order valence-electron chi connectivity index (χ2n) is 3.16. The van der Waals surface area contributed by atoms with Gasteiger partial charge >= 0.3 is 0 Å². The third kappa shape index (κ3) is 1.54. The van der Waals surface area contributed by atoms with Crippen LogP contribution < -0.4 is 5.73 Å². The van der Waals surface area contributed by atoms with Crippen LogP contribution in [0.2, 0.25) is 0 Å². The predicted octanol–water partition coefficient (Wildman–Crippen LogP) is 1.75. The van der Waals surface area contributed by atoms with E-state index < -0.39 is 0 Å². The van der Waals surface area contributed by atoms with Gasteiger partial charge in [0.15, 0.2) is 0 Å². The first-order valence-electron chi connectivity index (χ1n) is 4.20. The summed E-state index contributed by atoms with van der Waals surface area (Å²) in [6, 6.07) is 2.59. The molecular weight excluding hydrogens is 184 g/mol. The number of nitrogens with zero attached hydrogens (tertiary/aromatic N) is 1. The van der Waals surface area contributed by atoms with Gasteiger partial charge in [0.25, 0.3) is 6.02 Å². The third-order valence-electron chi connectivity index (χ3n) is 2.11. The molecule has 0 amide bonds. The van der Waals surface area contributed by atoms with Crippen LogP contribution in [0, 0.1) is 13.8 Å². The molecule has 2 rings (SSSR count). The highest BCUT2D eigenvalue weighted by molar-refractivity contribution is 7.12. The Morgan fingerprint density at radius 1 is 1.62 bits per heavy atom. The smallest absolute Gasteiger partial charge is 0.282 e. The molecule has 0 radical (unpaired) electrons. The molecule has 1 aliphatic heterocycles. The normalized spacial score (nSPS) is 21.4. The number of ether oxygens (including phenoxy) is 1. The van der Waals surface area contributed by atoms with Crippen LogP contribution in [0.3, 0.4) is 0 Å². The second kappa shape index (κ2) is 3.03. The second-order valence-corrected chi connectivity index (χ2v) is 4.62. The zero-order chi connectivity index (χ0) is 9.42. The average molecular weight is 196 g/mol. The largest absolute Gasteiger partial charge is 0.463 e. The van der Waals surface area contributed by atoms with Crippen molar-refractivity contribution in [2.24, 2.45) is 10.7 Å². The Morgan fingerprint density at radius 2 is 2.38 bits per heavy atom. The lowest BCUT2D eigenvalue weighted by Gasteiger charge is -2.02. The van der Waals surface area contributed by atoms with Gasteiger partial charge in [0.2, 0.25) is 0 Å². The van der Waals surface area contributed by atoms with Gasteiger partial charge in [0.1, 0.15) is 12.6 Å². The topological polar surface area (TPSA) is 47.6 Å². The number of aliphatic imine (C=N–C) groups is 1. The van der Waals surface area contributed by atoms with Crippen molar-refractivity contribution in [1.29, 1.82) is 0 Å². The van der Waals surface area contributed by atoms with Crippen LogP contribution in [0.5, 0.6) is 0 Å². The molecule has 1 unspecified atom stereocenters.